The molecule has 8 nitrogen and oxygen atoms in total. The van der Waals surface area contributed by atoms with Crippen molar-refractivity contribution in [2.45, 2.75) is 0 Å². The number of nitrogens with one attached hydrogen (secondary N) is 1. The van der Waals surface area contributed by atoms with Crippen LogP contribution < -0.4 is 5.73 Å². The summed E-state index contributed by atoms with van der Waals surface area (Å²) < 4.78 is 0. The van der Waals surface area contributed by atoms with Crippen LogP contribution in [-0.4, -0.2) is 25.5 Å². The lowest BCUT2D eigenvalue weighted by Crippen LogP contribution is -1.96. The zero-order valence-electron chi connectivity index (χ0n) is 7.41. The molecule has 0 fully saturated rings. The number of rotatable bonds is 2. The maximum absolute atomic E-state index is 10.5. The van der Waals surface area contributed by atoms with Gasteiger partial charge in [0.05, 0.1) is 4.92 Å². The summed E-state index contributed by atoms with van der Waals surface area (Å²) in [6.45, 7) is 0. The number of hydrogen-bond acceptors (Lipinski definition) is 6. The maximum atomic E-state index is 10.5. The van der Waals surface area contributed by atoms with Crippen molar-refractivity contribution in [1.82, 2.24) is 20.6 Å². The van der Waals surface area contributed by atoms with E-state index in [-0.39, 0.29) is 11.4 Å². The maximum Gasteiger partial charge on any atom is 0.292 e. The van der Waals surface area contributed by atoms with Crippen LogP contribution in [-0.2, 0) is 0 Å². The van der Waals surface area contributed by atoms with Crippen molar-refractivity contribution in [3.63, 3.8) is 0 Å². The third kappa shape index (κ3) is 1.59. The molecule has 8 heteroatoms. The lowest BCUT2D eigenvalue weighted by atomic mass is 10.1. The Balaban J connectivity index is 2.47. The Morgan fingerprint density at radius 2 is 2.27 bits per heavy atom. The second-order valence-corrected chi connectivity index (χ2v) is 2.77. The fourth-order valence-electron chi connectivity index (χ4n) is 1.14. The second kappa shape index (κ2) is 3.33. The second-order valence-electron chi connectivity index (χ2n) is 2.77. The van der Waals surface area contributed by atoms with Gasteiger partial charge >= 0.3 is 0 Å². The van der Waals surface area contributed by atoms with E-state index in [0.717, 1.165) is 0 Å². The molecule has 0 saturated heterocycles. The largest absolute Gasteiger partial charge is 0.393 e. The third-order valence-corrected chi connectivity index (χ3v) is 1.83. The van der Waals surface area contributed by atoms with E-state index < -0.39 is 4.92 Å². The third-order valence-electron chi connectivity index (χ3n) is 1.83. The van der Waals surface area contributed by atoms with E-state index in [1.54, 1.807) is 0 Å². The highest BCUT2D eigenvalue weighted by molar-refractivity contribution is 5.68. The number of nitro benzene ring substituents is 1. The molecule has 1 aromatic carbocycles. The van der Waals surface area contributed by atoms with Gasteiger partial charge in [-0.05, 0) is 17.3 Å². The molecule has 2 aromatic rings. The first-order chi connectivity index (χ1) is 7.18. The van der Waals surface area contributed by atoms with E-state index in [1.807, 2.05) is 0 Å². The van der Waals surface area contributed by atoms with Crippen molar-refractivity contribution in [1.29, 1.82) is 0 Å². The van der Waals surface area contributed by atoms with Crippen LogP contribution in [0.4, 0.5) is 11.4 Å². The zero-order chi connectivity index (χ0) is 10.8. The van der Waals surface area contributed by atoms with E-state index in [1.165, 1.54) is 18.2 Å². The van der Waals surface area contributed by atoms with Gasteiger partial charge in [-0.3, -0.25) is 10.1 Å². The molecule has 0 aliphatic rings. The minimum Gasteiger partial charge on any atom is -0.393 e. The van der Waals surface area contributed by atoms with Crippen molar-refractivity contribution in [3.05, 3.63) is 28.3 Å². The molecule has 0 amide bonds. The average Bonchev–Trinajstić information content (AvgIpc) is 2.69. The average molecular weight is 206 g/mol. The number of benzene rings is 1. The summed E-state index contributed by atoms with van der Waals surface area (Å²) in [5.41, 5.74) is 6.01. The molecule has 3 N–H and O–H groups in total. The van der Waals surface area contributed by atoms with Gasteiger partial charge in [-0.15, -0.1) is 10.2 Å². The summed E-state index contributed by atoms with van der Waals surface area (Å²) in [6.07, 6.45) is 0. The first-order valence-corrected chi connectivity index (χ1v) is 3.96. The molecule has 0 bridgehead atoms. The molecule has 0 atom stereocenters. The van der Waals surface area contributed by atoms with E-state index in [0.29, 0.717) is 11.4 Å². The van der Waals surface area contributed by atoms with Crippen LogP contribution in [0.1, 0.15) is 0 Å². The summed E-state index contributed by atoms with van der Waals surface area (Å²) in [4.78, 5) is 9.95. The van der Waals surface area contributed by atoms with Crippen LogP contribution in [0.5, 0.6) is 0 Å². The van der Waals surface area contributed by atoms with Crippen molar-refractivity contribution in [3.8, 4) is 11.4 Å². The Hall–Kier alpha value is -2.51. The van der Waals surface area contributed by atoms with Gasteiger partial charge in [0.2, 0.25) is 5.82 Å². The summed E-state index contributed by atoms with van der Waals surface area (Å²) in [7, 11) is 0. The van der Waals surface area contributed by atoms with E-state index in [9.17, 15) is 10.1 Å². The fraction of sp³-hybridized carbons (Fsp3) is 0. The molecule has 76 valence electrons. The van der Waals surface area contributed by atoms with Gasteiger partial charge in [0, 0.05) is 11.6 Å². The van der Waals surface area contributed by atoms with Gasteiger partial charge in [0.15, 0.2) is 0 Å². The molecular formula is C7H6N6O2. The summed E-state index contributed by atoms with van der Waals surface area (Å²) >= 11 is 0. The zero-order valence-corrected chi connectivity index (χ0v) is 7.41. The van der Waals surface area contributed by atoms with Crippen LogP contribution in [0.15, 0.2) is 18.2 Å². The number of anilines is 1. The molecule has 0 radical (unpaired) electrons. The van der Waals surface area contributed by atoms with Crippen molar-refractivity contribution in [2.75, 3.05) is 5.73 Å². The van der Waals surface area contributed by atoms with Gasteiger partial charge in [0.1, 0.15) is 5.69 Å². The van der Waals surface area contributed by atoms with Crippen LogP contribution in [0.25, 0.3) is 11.4 Å². The number of nitro groups is 1. The summed E-state index contributed by atoms with van der Waals surface area (Å²) in [6, 6.07) is 4.25. The van der Waals surface area contributed by atoms with Gasteiger partial charge in [-0.1, -0.05) is 0 Å². The number of nitrogen functional groups attached to an aromatic ring is 1. The minimum absolute atomic E-state index is 0.0716. The van der Waals surface area contributed by atoms with Crippen molar-refractivity contribution in [2.24, 2.45) is 0 Å². The number of H-pyrrole nitrogens is 1. The fourth-order valence-corrected chi connectivity index (χ4v) is 1.14. The number of hydrogen-bond donors (Lipinski definition) is 2. The van der Waals surface area contributed by atoms with Gasteiger partial charge in [0.25, 0.3) is 5.69 Å². The molecule has 1 heterocycles. The Bertz CT molecular complexity index is 494. The molecule has 0 spiro atoms. The van der Waals surface area contributed by atoms with Gasteiger partial charge in [-0.25, -0.2) is 0 Å². The standard InChI is InChI=1S/C7H6N6O2/c8-5-3-4(7-9-11-12-10-7)1-2-6(5)13(14)15/h1-3H,8H2,(H,9,10,11,12). The topological polar surface area (TPSA) is 124 Å². The van der Waals surface area contributed by atoms with E-state index in [4.69, 9.17) is 5.73 Å². The van der Waals surface area contributed by atoms with Crippen molar-refractivity contribution >= 4 is 11.4 Å². The monoisotopic (exact) mass is 206 g/mol. The number of tetrazole rings is 1. The van der Waals surface area contributed by atoms with E-state index >= 15 is 0 Å². The predicted octanol–water partition coefficient (Wildman–Crippen LogP) is 0.357. The lowest BCUT2D eigenvalue weighted by molar-refractivity contribution is -0.383. The van der Waals surface area contributed by atoms with Crippen molar-refractivity contribution < 1.29 is 4.92 Å². The van der Waals surface area contributed by atoms with E-state index in [2.05, 4.69) is 20.6 Å². The Kier molecular flexibility index (Phi) is 2.01. The lowest BCUT2D eigenvalue weighted by Gasteiger charge is -1.98. The molecule has 0 unspecified atom stereocenters. The SMILES string of the molecule is Nc1cc(-c2nn[nH]n2)ccc1[N+](=O)[O-]. The summed E-state index contributed by atoms with van der Waals surface area (Å²) in [5, 5.41) is 23.6. The quantitative estimate of drug-likeness (QED) is 0.415. The summed E-state index contributed by atoms with van der Waals surface area (Å²) in [5.74, 6) is 0.344. The first kappa shape index (κ1) is 9.06. The highest BCUT2D eigenvalue weighted by atomic mass is 16.6. The predicted molar refractivity (Wildman–Crippen MR) is 50.7 cm³/mol. The van der Waals surface area contributed by atoms with Gasteiger partial charge < -0.3 is 5.73 Å². The van der Waals surface area contributed by atoms with Gasteiger partial charge in [-0.2, -0.15) is 5.21 Å². The molecule has 0 aliphatic heterocycles. The highest BCUT2D eigenvalue weighted by Crippen LogP contribution is 2.25. The number of nitrogens with zero attached hydrogens (tertiary/aromatic N) is 4. The molecule has 1 aromatic heterocycles. The molecule has 0 saturated carbocycles. The molecule has 15 heavy (non-hydrogen) atoms. The van der Waals surface area contributed by atoms with Crippen LogP contribution in [0, 0.1) is 10.1 Å². The Morgan fingerprint density at radius 1 is 1.47 bits per heavy atom. The molecular weight excluding hydrogens is 200 g/mol. The molecule has 2 rings (SSSR count). The Labute approximate surface area is 83.3 Å². The van der Waals surface area contributed by atoms with Crippen LogP contribution >= 0.6 is 0 Å². The van der Waals surface area contributed by atoms with Crippen LogP contribution in [0.2, 0.25) is 0 Å². The Morgan fingerprint density at radius 3 is 2.80 bits per heavy atom. The highest BCUT2D eigenvalue weighted by Gasteiger charge is 2.13. The smallest absolute Gasteiger partial charge is 0.292 e. The number of nitrogens with two attached hydrogens (primary N) is 1. The first-order valence-electron chi connectivity index (χ1n) is 3.96. The number of aromatic nitrogens is 4. The molecule has 0 aliphatic carbocycles. The van der Waals surface area contributed by atoms with Crippen LogP contribution in [0.3, 0.4) is 0 Å². The number of aromatic amines is 1. The normalized spacial score (nSPS) is 10.1. The minimum atomic E-state index is -0.546.